The van der Waals surface area contributed by atoms with E-state index in [9.17, 15) is 0 Å². The van der Waals surface area contributed by atoms with Crippen LogP contribution in [0.25, 0.3) is 0 Å². The summed E-state index contributed by atoms with van der Waals surface area (Å²) >= 11 is 0. The zero-order valence-corrected chi connectivity index (χ0v) is 38.5. The fourth-order valence-electron chi connectivity index (χ4n) is 9.70. The third kappa shape index (κ3) is 14.9. The summed E-state index contributed by atoms with van der Waals surface area (Å²) in [6.07, 6.45) is 9.39. The molecule has 0 bridgehead atoms. The Hall–Kier alpha value is -2.40. The number of aliphatic imine (C=N–C) groups is 4. The molecule has 0 radical (unpaired) electrons. The van der Waals surface area contributed by atoms with Crippen LogP contribution in [-0.2, 0) is 4.74 Å². The van der Waals surface area contributed by atoms with Crippen LogP contribution in [0.4, 0.5) is 0 Å². The molecular formula is C44H84N14O. The summed E-state index contributed by atoms with van der Waals surface area (Å²) in [6.45, 7) is 38.4. The van der Waals surface area contributed by atoms with Gasteiger partial charge in [0, 0.05) is 117 Å². The van der Waals surface area contributed by atoms with Crippen molar-refractivity contribution in [1.82, 2.24) is 49.0 Å². The van der Waals surface area contributed by atoms with Gasteiger partial charge in [-0.3, -0.25) is 49.4 Å². The van der Waals surface area contributed by atoms with Crippen LogP contribution in [0.3, 0.4) is 0 Å². The highest BCUT2D eigenvalue weighted by Gasteiger charge is 2.30. The van der Waals surface area contributed by atoms with Gasteiger partial charge in [0.25, 0.3) is 0 Å². The number of amidine groups is 4. The molecule has 0 aromatic rings. The molecule has 0 aromatic carbocycles. The highest BCUT2D eigenvalue weighted by atomic mass is 16.5. The Kier molecular flexibility index (Phi) is 19.0. The molecule has 0 N–H and O–H groups in total. The lowest BCUT2D eigenvalue weighted by Crippen LogP contribution is -2.59. The number of rotatable bonds is 22. The van der Waals surface area contributed by atoms with Crippen LogP contribution >= 0.6 is 0 Å². The van der Waals surface area contributed by atoms with Crippen LogP contribution < -0.4 is 0 Å². The van der Waals surface area contributed by atoms with Gasteiger partial charge in [0.2, 0.25) is 0 Å². The molecule has 59 heavy (non-hydrogen) atoms. The second-order valence-corrected chi connectivity index (χ2v) is 18.3. The molecule has 6 aliphatic rings. The number of hydrogen-bond acceptors (Lipinski definition) is 15. The lowest BCUT2D eigenvalue weighted by Gasteiger charge is -2.46. The van der Waals surface area contributed by atoms with Gasteiger partial charge in [0.15, 0.2) is 0 Å². The highest BCUT2D eigenvalue weighted by Crippen LogP contribution is 2.17. The molecule has 2 fully saturated rings. The van der Waals surface area contributed by atoms with Gasteiger partial charge in [-0.15, -0.1) is 0 Å². The fraction of sp³-hybridized carbons (Fsp3) is 0.909. The largest absolute Gasteiger partial charge is 0.378 e. The zero-order valence-electron chi connectivity index (χ0n) is 38.5. The van der Waals surface area contributed by atoms with E-state index in [1.807, 2.05) is 0 Å². The van der Waals surface area contributed by atoms with Crippen molar-refractivity contribution >= 4 is 23.3 Å². The Morgan fingerprint density at radius 1 is 0.407 bits per heavy atom. The summed E-state index contributed by atoms with van der Waals surface area (Å²) in [4.78, 5) is 44.8. The van der Waals surface area contributed by atoms with E-state index >= 15 is 0 Å². The predicted octanol–water partition coefficient (Wildman–Crippen LogP) is 3.42. The van der Waals surface area contributed by atoms with E-state index in [1.165, 1.54) is 74.7 Å². The average molecular weight is 825 g/mol. The molecule has 0 aromatic heterocycles. The summed E-state index contributed by atoms with van der Waals surface area (Å²) in [7, 11) is 0. The van der Waals surface area contributed by atoms with Gasteiger partial charge >= 0.3 is 0 Å². The maximum absolute atomic E-state index is 6.66. The van der Waals surface area contributed by atoms with Crippen molar-refractivity contribution in [3.63, 3.8) is 0 Å². The molecule has 15 heteroatoms. The maximum Gasteiger partial charge on any atom is 0.0957 e. The van der Waals surface area contributed by atoms with Crippen LogP contribution in [0.15, 0.2) is 20.0 Å². The second-order valence-electron chi connectivity index (χ2n) is 18.3. The van der Waals surface area contributed by atoms with E-state index in [-0.39, 0.29) is 0 Å². The van der Waals surface area contributed by atoms with E-state index in [1.54, 1.807) is 0 Å². The third-order valence-electron chi connectivity index (χ3n) is 13.4. The topological polar surface area (TPSA) is 91.1 Å². The van der Waals surface area contributed by atoms with E-state index < -0.39 is 0 Å². The molecule has 0 aliphatic carbocycles. The van der Waals surface area contributed by atoms with Gasteiger partial charge in [-0.25, -0.2) is 0 Å². The lowest BCUT2D eigenvalue weighted by atomic mass is 10.2. The average Bonchev–Trinajstić information content (AvgIpc) is 3.23. The summed E-state index contributed by atoms with van der Waals surface area (Å²) in [5.41, 5.74) is 0. The number of ether oxygens (including phenoxy) is 1. The van der Waals surface area contributed by atoms with Crippen molar-refractivity contribution in [3.8, 4) is 0 Å². The predicted molar refractivity (Wildman–Crippen MR) is 245 cm³/mol. The second kappa shape index (κ2) is 24.3. The molecule has 2 saturated heterocycles. The molecule has 2 unspecified atom stereocenters. The normalized spacial score (nSPS) is 24.0. The Bertz CT molecular complexity index is 1190. The zero-order chi connectivity index (χ0) is 41.4. The van der Waals surface area contributed by atoms with E-state index in [4.69, 9.17) is 24.7 Å². The SMILES string of the molecule is CC1=NCCCN1CCCN1CN(CCCN2CCCN=C2C)CN(C(C)COCC(C)N2CN(CCCN3CCCN=C3C)CN(CCCN3CCCN=C3C)C2)C1. The Morgan fingerprint density at radius 2 is 0.678 bits per heavy atom. The van der Waals surface area contributed by atoms with Crippen molar-refractivity contribution in [2.75, 3.05) is 158 Å². The lowest BCUT2D eigenvalue weighted by molar-refractivity contribution is -0.0814. The number of hydrogen-bond donors (Lipinski definition) is 0. The molecule has 15 nitrogen and oxygen atoms in total. The first kappa shape index (κ1) is 46.1. The molecule has 0 amide bonds. The molecule has 336 valence electrons. The maximum atomic E-state index is 6.66. The molecule has 6 aliphatic heterocycles. The van der Waals surface area contributed by atoms with Gasteiger partial charge in [0.05, 0.1) is 76.6 Å². The minimum atomic E-state index is 0.346. The van der Waals surface area contributed by atoms with Gasteiger partial charge in [0.1, 0.15) is 0 Å². The van der Waals surface area contributed by atoms with Crippen LogP contribution in [0.1, 0.15) is 92.9 Å². The monoisotopic (exact) mass is 825 g/mol. The summed E-state index contributed by atoms with van der Waals surface area (Å²) < 4.78 is 6.66. The van der Waals surface area contributed by atoms with Gasteiger partial charge in [-0.1, -0.05) is 0 Å². The van der Waals surface area contributed by atoms with Crippen LogP contribution in [0.5, 0.6) is 0 Å². The fourth-order valence-corrected chi connectivity index (χ4v) is 9.70. The Balaban J connectivity index is 0.987. The minimum absolute atomic E-state index is 0.346. The summed E-state index contributed by atoms with van der Waals surface area (Å²) in [6, 6.07) is 0.691. The Labute approximate surface area is 359 Å². The van der Waals surface area contributed by atoms with Crippen LogP contribution in [-0.4, -0.2) is 242 Å². The highest BCUT2D eigenvalue weighted by molar-refractivity contribution is 5.81. The van der Waals surface area contributed by atoms with Crippen LogP contribution in [0.2, 0.25) is 0 Å². The molecular weight excluding hydrogens is 741 g/mol. The van der Waals surface area contributed by atoms with Gasteiger partial charge < -0.3 is 24.3 Å². The summed E-state index contributed by atoms with van der Waals surface area (Å²) in [5, 5.41) is 0. The van der Waals surface area contributed by atoms with E-state index in [0.717, 1.165) is 158 Å². The van der Waals surface area contributed by atoms with Crippen molar-refractivity contribution in [1.29, 1.82) is 0 Å². The van der Waals surface area contributed by atoms with Crippen LogP contribution in [0, 0.1) is 0 Å². The van der Waals surface area contributed by atoms with Crippen molar-refractivity contribution in [2.24, 2.45) is 20.0 Å². The Morgan fingerprint density at radius 3 is 0.932 bits per heavy atom. The molecule has 6 rings (SSSR count). The molecule has 0 spiro atoms. The van der Waals surface area contributed by atoms with E-state index in [2.05, 4.69) is 90.5 Å². The molecule has 6 heterocycles. The van der Waals surface area contributed by atoms with Gasteiger partial charge in [-0.05, 0) is 92.9 Å². The van der Waals surface area contributed by atoms with Crippen molar-refractivity contribution in [2.45, 2.75) is 105 Å². The van der Waals surface area contributed by atoms with Crippen molar-refractivity contribution in [3.05, 3.63) is 0 Å². The molecule has 2 atom stereocenters. The smallest absolute Gasteiger partial charge is 0.0957 e. The molecule has 0 saturated carbocycles. The quantitative estimate of drug-likeness (QED) is 0.161. The van der Waals surface area contributed by atoms with E-state index in [0.29, 0.717) is 12.1 Å². The standard InChI is InChI=1S/C44H84N14O/c1-39(57-35-49(19-11-27-53-23-7-15-45-41(53)3)33-50(36-57)20-12-28-54-24-8-16-46-42(54)4)31-59-32-40(2)58-37-51(21-13-29-55-25-9-17-47-43(55)5)34-52(38-58)22-14-30-56-26-10-18-48-44(56)6/h39-40H,7-38H2,1-6H3. The first-order valence-electron chi connectivity index (χ1n) is 23.7. The van der Waals surface area contributed by atoms with Crippen molar-refractivity contribution < 1.29 is 4.74 Å². The minimum Gasteiger partial charge on any atom is -0.378 e. The summed E-state index contributed by atoms with van der Waals surface area (Å²) in [5.74, 6) is 4.88. The first-order valence-corrected chi connectivity index (χ1v) is 23.7. The number of nitrogens with zero attached hydrogens (tertiary/aromatic N) is 14. The third-order valence-corrected chi connectivity index (χ3v) is 13.4. The first-order chi connectivity index (χ1) is 28.7. The van der Waals surface area contributed by atoms with Gasteiger partial charge in [-0.2, -0.15) is 0 Å².